The van der Waals surface area contributed by atoms with Crippen LogP contribution in [0.1, 0.15) is 45.1 Å². The third-order valence-corrected chi connectivity index (χ3v) is 6.40. The Balaban J connectivity index is 1.79. The molecule has 1 aromatic carbocycles. The minimum Gasteiger partial charge on any atom is -0.508 e. The smallest absolute Gasteiger partial charge is 0.196 e. The second kappa shape index (κ2) is 6.66. The van der Waals surface area contributed by atoms with Gasteiger partial charge in [0.25, 0.3) is 0 Å². The van der Waals surface area contributed by atoms with Gasteiger partial charge in [0.2, 0.25) is 0 Å². The van der Waals surface area contributed by atoms with Crippen LogP contribution in [-0.4, -0.2) is 30.6 Å². The average Bonchev–Trinajstić information content (AvgIpc) is 3.38. The number of benzene rings is 1. The zero-order valence-electron chi connectivity index (χ0n) is 16.2. The van der Waals surface area contributed by atoms with E-state index in [1.165, 1.54) is 10.4 Å². The normalized spacial score (nSPS) is 15.6. The van der Waals surface area contributed by atoms with E-state index in [0.717, 1.165) is 33.5 Å². The number of aliphatic imine (C=N–C) groups is 1. The molecule has 0 unspecified atom stereocenters. The molecule has 0 radical (unpaired) electrons. The Morgan fingerprint density at radius 2 is 2.07 bits per heavy atom. The molecular weight excluding hydrogens is 386 g/mol. The number of nitrogens with zero attached hydrogens (tertiary/aromatic N) is 5. The fourth-order valence-electron chi connectivity index (χ4n) is 3.70. The Kier molecular flexibility index (Phi) is 4.09. The molecule has 0 amide bonds. The van der Waals surface area contributed by atoms with E-state index in [1.54, 1.807) is 35.9 Å². The number of hydrogen-bond acceptors (Lipinski definition) is 7. The van der Waals surface area contributed by atoms with Crippen LogP contribution in [0.5, 0.6) is 5.75 Å². The van der Waals surface area contributed by atoms with Gasteiger partial charge in [-0.05, 0) is 38.5 Å². The summed E-state index contributed by atoms with van der Waals surface area (Å²) >= 11 is 1.70. The molecule has 0 saturated heterocycles. The lowest BCUT2D eigenvalue weighted by Gasteiger charge is -2.11. The highest BCUT2D eigenvalue weighted by Crippen LogP contribution is 2.39. The largest absolute Gasteiger partial charge is 0.508 e. The van der Waals surface area contributed by atoms with Gasteiger partial charge in [0.1, 0.15) is 28.9 Å². The molecule has 0 spiro atoms. The van der Waals surface area contributed by atoms with Gasteiger partial charge in [-0.15, -0.1) is 21.5 Å². The first-order valence-electron chi connectivity index (χ1n) is 9.31. The van der Waals surface area contributed by atoms with Crippen molar-refractivity contribution in [2.75, 3.05) is 0 Å². The van der Waals surface area contributed by atoms with E-state index in [1.807, 2.05) is 19.1 Å². The molecular formula is C21H19N5O2S. The van der Waals surface area contributed by atoms with E-state index in [4.69, 9.17) is 9.41 Å². The summed E-state index contributed by atoms with van der Waals surface area (Å²) in [6.45, 7) is 6.17. The Bertz CT molecular complexity index is 1240. The van der Waals surface area contributed by atoms with Crippen LogP contribution >= 0.6 is 11.3 Å². The molecule has 5 rings (SSSR count). The lowest BCUT2D eigenvalue weighted by molar-refractivity contribution is 0.467. The Morgan fingerprint density at radius 3 is 2.83 bits per heavy atom. The summed E-state index contributed by atoms with van der Waals surface area (Å²) in [5.74, 6) is 2.38. The third-order valence-electron chi connectivity index (χ3n) is 5.21. The van der Waals surface area contributed by atoms with E-state index in [-0.39, 0.29) is 11.8 Å². The summed E-state index contributed by atoms with van der Waals surface area (Å²) < 4.78 is 7.58. The highest BCUT2D eigenvalue weighted by Gasteiger charge is 2.32. The maximum Gasteiger partial charge on any atom is 0.196 e. The number of aryl methyl sites for hydroxylation is 2. The summed E-state index contributed by atoms with van der Waals surface area (Å²) in [5.41, 5.74) is 3.92. The predicted octanol–water partition coefficient (Wildman–Crippen LogP) is 4.08. The molecule has 1 aliphatic rings. The summed E-state index contributed by atoms with van der Waals surface area (Å²) in [6, 6.07) is 6.90. The first kappa shape index (κ1) is 17.8. The number of aromatic nitrogens is 4. The first-order valence-corrected chi connectivity index (χ1v) is 10.1. The standard InChI is InChI=1S/C21H19N5O2S/c1-11-12(2)29-21-18(11)19(14-5-4-6-15(27)9-14)23-16(10-17-22-7-8-28-17)20-25-24-13(3)26(20)21/h4-9,16,27H,10H2,1-3H3/t16-/m0/s1. The lowest BCUT2D eigenvalue weighted by atomic mass is 9.99. The van der Waals surface area contributed by atoms with Crippen molar-refractivity contribution in [1.29, 1.82) is 0 Å². The fourth-order valence-corrected chi connectivity index (χ4v) is 4.91. The van der Waals surface area contributed by atoms with Gasteiger partial charge in [0.05, 0.1) is 18.3 Å². The van der Waals surface area contributed by atoms with E-state index in [0.29, 0.717) is 12.3 Å². The first-order chi connectivity index (χ1) is 14.0. The molecule has 1 N–H and O–H groups in total. The number of fused-ring (bicyclic) bond motifs is 3. The molecule has 0 bridgehead atoms. The van der Waals surface area contributed by atoms with Gasteiger partial charge < -0.3 is 9.52 Å². The molecule has 0 saturated carbocycles. The summed E-state index contributed by atoms with van der Waals surface area (Å²) in [7, 11) is 0. The SMILES string of the molecule is Cc1sc2c(c1C)C(c1cccc(O)c1)=N[C@@H](Cc1ncco1)c1nnc(C)n1-2. The molecule has 8 heteroatoms. The maximum atomic E-state index is 10.1. The van der Waals surface area contributed by atoms with E-state index in [2.05, 4.69) is 33.6 Å². The fraction of sp³-hybridized carbons (Fsp3) is 0.238. The summed E-state index contributed by atoms with van der Waals surface area (Å²) in [6.07, 6.45) is 3.67. The summed E-state index contributed by atoms with van der Waals surface area (Å²) in [5, 5.41) is 19.9. The van der Waals surface area contributed by atoms with Crippen molar-refractivity contribution < 1.29 is 9.52 Å². The highest BCUT2D eigenvalue weighted by atomic mass is 32.1. The highest BCUT2D eigenvalue weighted by molar-refractivity contribution is 7.15. The molecule has 0 aliphatic carbocycles. The van der Waals surface area contributed by atoms with Crippen molar-refractivity contribution in [3.63, 3.8) is 0 Å². The lowest BCUT2D eigenvalue weighted by Crippen LogP contribution is -2.09. The van der Waals surface area contributed by atoms with Gasteiger partial charge in [-0.3, -0.25) is 9.56 Å². The van der Waals surface area contributed by atoms with Crippen molar-refractivity contribution >= 4 is 17.0 Å². The maximum absolute atomic E-state index is 10.1. The average molecular weight is 405 g/mol. The van der Waals surface area contributed by atoms with Gasteiger partial charge in [0.15, 0.2) is 11.7 Å². The van der Waals surface area contributed by atoms with Gasteiger partial charge in [-0.25, -0.2) is 4.98 Å². The predicted molar refractivity (Wildman–Crippen MR) is 110 cm³/mol. The molecule has 1 atom stereocenters. The molecule has 29 heavy (non-hydrogen) atoms. The van der Waals surface area contributed by atoms with Crippen LogP contribution in [0.15, 0.2) is 46.1 Å². The van der Waals surface area contributed by atoms with Crippen LogP contribution in [0, 0.1) is 20.8 Å². The van der Waals surface area contributed by atoms with Gasteiger partial charge in [-0.1, -0.05) is 12.1 Å². The Labute approximate surface area is 171 Å². The second-order valence-electron chi connectivity index (χ2n) is 7.08. The van der Waals surface area contributed by atoms with Crippen LogP contribution in [-0.2, 0) is 6.42 Å². The van der Waals surface area contributed by atoms with E-state index >= 15 is 0 Å². The van der Waals surface area contributed by atoms with Gasteiger partial charge in [0, 0.05) is 16.0 Å². The number of hydrogen-bond donors (Lipinski definition) is 1. The molecule has 3 aromatic heterocycles. The van der Waals surface area contributed by atoms with Crippen LogP contribution in [0.25, 0.3) is 5.00 Å². The van der Waals surface area contributed by atoms with Crippen molar-refractivity contribution in [3.05, 3.63) is 75.8 Å². The number of oxazole rings is 1. The molecule has 4 heterocycles. The third kappa shape index (κ3) is 2.87. The van der Waals surface area contributed by atoms with Gasteiger partial charge in [-0.2, -0.15) is 0 Å². The zero-order valence-corrected chi connectivity index (χ0v) is 17.1. The second-order valence-corrected chi connectivity index (χ2v) is 8.28. The molecule has 4 aromatic rings. The van der Waals surface area contributed by atoms with Crippen LogP contribution < -0.4 is 0 Å². The number of phenols is 1. The summed E-state index contributed by atoms with van der Waals surface area (Å²) in [4.78, 5) is 10.6. The molecule has 1 aliphatic heterocycles. The van der Waals surface area contributed by atoms with E-state index < -0.39 is 0 Å². The number of rotatable bonds is 3. The van der Waals surface area contributed by atoms with Crippen LogP contribution in [0.3, 0.4) is 0 Å². The monoisotopic (exact) mass is 405 g/mol. The molecule has 146 valence electrons. The van der Waals surface area contributed by atoms with Crippen molar-refractivity contribution in [3.8, 4) is 10.8 Å². The number of thiophene rings is 1. The van der Waals surface area contributed by atoms with Crippen LogP contribution in [0.4, 0.5) is 0 Å². The number of aromatic hydroxyl groups is 1. The zero-order chi connectivity index (χ0) is 20.1. The number of phenolic OH excluding ortho intramolecular Hbond substituents is 1. The van der Waals surface area contributed by atoms with Crippen molar-refractivity contribution in [2.24, 2.45) is 4.99 Å². The molecule has 7 nitrogen and oxygen atoms in total. The van der Waals surface area contributed by atoms with Crippen molar-refractivity contribution in [2.45, 2.75) is 33.2 Å². The minimum absolute atomic E-state index is 0.209. The van der Waals surface area contributed by atoms with E-state index in [9.17, 15) is 5.11 Å². The minimum atomic E-state index is -0.313. The Hall–Kier alpha value is -3.26. The van der Waals surface area contributed by atoms with Crippen molar-refractivity contribution in [1.82, 2.24) is 19.7 Å². The Morgan fingerprint density at radius 1 is 1.21 bits per heavy atom. The van der Waals surface area contributed by atoms with Gasteiger partial charge >= 0.3 is 0 Å². The topological polar surface area (TPSA) is 89.3 Å². The molecule has 0 fully saturated rings. The van der Waals surface area contributed by atoms with Crippen LogP contribution in [0.2, 0.25) is 0 Å². The quantitative estimate of drug-likeness (QED) is 0.555.